The van der Waals surface area contributed by atoms with Gasteiger partial charge in [0, 0.05) is 0 Å². The van der Waals surface area contributed by atoms with Gasteiger partial charge >= 0.3 is 0 Å². The van der Waals surface area contributed by atoms with Crippen LogP contribution in [0.3, 0.4) is 0 Å². The lowest BCUT2D eigenvalue weighted by molar-refractivity contribution is 0.628. The Morgan fingerprint density at radius 2 is 1.65 bits per heavy atom. The van der Waals surface area contributed by atoms with E-state index >= 15 is 0 Å². The molecule has 0 aliphatic rings. The number of benzene rings is 1. The number of aromatic nitrogens is 3. The van der Waals surface area contributed by atoms with Gasteiger partial charge in [0.05, 0.1) is 10.7 Å². The molecular weight excluding hydrogens is 289 g/mol. The normalized spacial score (nSPS) is 10.4. The molecule has 1 aromatic heterocycles. The van der Waals surface area contributed by atoms with Gasteiger partial charge in [-0.3, -0.25) is 0 Å². The van der Waals surface area contributed by atoms with Crippen LogP contribution in [0.2, 0.25) is 15.6 Å². The van der Waals surface area contributed by atoms with E-state index in [1.807, 2.05) is 0 Å². The molecule has 88 valence electrons. The van der Waals surface area contributed by atoms with Gasteiger partial charge in [-0.2, -0.15) is 15.0 Å². The molecule has 0 unspecified atom stereocenters. The summed E-state index contributed by atoms with van der Waals surface area (Å²) in [6.45, 7) is 0. The molecule has 1 aromatic carbocycles. The first-order valence-electron chi connectivity index (χ1n) is 4.34. The van der Waals surface area contributed by atoms with Gasteiger partial charge < -0.3 is 5.32 Å². The Bertz CT molecular complexity index is 544. The number of hydrogen-bond acceptors (Lipinski definition) is 4. The Kier molecular flexibility index (Phi) is 3.61. The van der Waals surface area contributed by atoms with E-state index in [1.54, 1.807) is 0 Å². The van der Waals surface area contributed by atoms with Gasteiger partial charge in [-0.25, -0.2) is 4.39 Å². The number of rotatable bonds is 2. The first kappa shape index (κ1) is 12.3. The molecule has 0 radical (unpaired) electrons. The van der Waals surface area contributed by atoms with Crippen LogP contribution >= 0.6 is 34.8 Å². The van der Waals surface area contributed by atoms with Crippen LogP contribution in [0, 0.1) is 5.82 Å². The first-order valence-corrected chi connectivity index (χ1v) is 5.47. The zero-order valence-electron chi connectivity index (χ0n) is 8.09. The Balaban J connectivity index is 2.34. The second-order valence-corrected chi connectivity index (χ2v) is 4.03. The number of nitrogens with one attached hydrogen (secondary N) is 1. The van der Waals surface area contributed by atoms with E-state index in [2.05, 4.69) is 20.3 Å². The molecule has 0 amide bonds. The molecule has 0 fully saturated rings. The van der Waals surface area contributed by atoms with Crippen molar-refractivity contribution in [2.75, 3.05) is 5.32 Å². The Hall–Kier alpha value is -1.17. The fourth-order valence-corrected chi connectivity index (χ4v) is 1.62. The van der Waals surface area contributed by atoms with Crippen molar-refractivity contribution in [3.8, 4) is 0 Å². The molecule has 0 aliphatic carbocycles. The van der Waals surface area contributed by atoms with Crippen molar-refractivity contribution >= 4 is 46.4 Å². The third-order valence-corrected chi connectivity index (χ3v) is 2.42. The van der Waals surface area contributed by atoms with Crippen LogP contribution in [0.4, 0.5) is 16.0 Å². The largest absolute Gasteiger partial charge is 0.323 e. The van der Waals surface area contributed by atoms with Gasteiger partial charge in [0.2, 0.25) is 16.5 Å². The highest BCUT2D eigenvalue weighted by molar-refractivity contribution is 6.33. The smallest absolute Gasteiger partial charge is 0.232 e. The van der Waals surface area contributed by atoms with E-state index in [0.717, 1.165) is 0 Å². The SMILES string of the molecule is Fc1ccc(Cl)c(Nc2nc(Cl)nc(Cl)n2)c1. The molecule has 1 N–H and O–H groups in total. The molecule has 8 heteroatoms. The highest BCUT2D eigenvalue weighted by atomic mass is 35.5. The third kappa shape index (κ3) is 3.15. The maximum absolute atomic E-state index is 13.0. The van der Waals surface area contributed by atoms with Gasteiger partial charge in [0.25, 0.3) is 0 Å². The quantitative estimate of drug-likeness (QED) is 0.917. The van der Waals surface area contributed by atoms with Crippen molar-refractivity contribution in [2.24, 2.45) is 0 Å². The lowest BCUT2D eigenvalue weighted by Crippen LogP contribution is -2.00. The molecule has 0 atom stereocenters. The molecule has 4 nitrogen and oxygen atoms in total. The van der Waals surface area contributed by atoms with Crippen LogP contribution in [0.1, 0.15) is 0 Å². The fraction of sp³-hybridized carbons (Fsp3) is 0. The van der Waals surface area contributed by atoms with Crippen molar-refractivity contribution in [3.63, 3.8) is 0 Å². The monoisotopic (exact) mass is 292 g/mol. The molecule has 17 heavy (non-hydrogen) atoms. The first-order chi connectivity index (χ1) is 8.04. The fourth-order valence-electron chi connectivity index (χ4n) is 1.10. The maximum atomic E-state index is 13.0. The van der Waals surface area contributed by atoms with Crippen molar-refractivity contribution in [1.29, 1.82) is 0 Å². The molecule has 2 rings (SSSR count). The van der Waals surface area contributed by atoms with E-state index in [-0.39, 0.29) is 16.5 Å². The van der Waals surface area contributed by atoms with Crippen LogP contribution in [-0.4, -0.2) is 15.0 Å². The van der Waals surface area contributed by atoms with Crippen LogP contribution in [0.15, 0.2) is 18.2 Å². The van der Waals surface area contributed by atoms with Crippen LogP contribution in [0.25, 0.3) is 0 Å². The Morgan fingerprint density at radius 1 is 1.00 bits per heavy atom. The minimum Gasteiger partial charge on any atom is -0.323 e. The average molecular weight is 294 g/mol. The summed E-state index contributed by atoms with van der Waals surface area (Å²) in [7, 11) is 0. The summed E-state index contributed by atoms with van der Waals surface area (Å²) < 4.78 is 13.0. The second-order valence-electron chi connectivity index (χ2n) is 2.95. The standard InChI is InChI=1S/C9H4Cl3FN4/c10-5-2-1-4(13)3-6(5)14-9-16-7(11)15-8(12)17-9/h1-3H,(H,14,15,16,17). The zero-order valence-corrected chi connectivity index (χ0v) is 10.4. The number of nitrogens with zero attached hydrogens (tertiary/aromatic N) is 3. The summed E-state index contributed by atoms with van der Waals surface area (Å²) in [6, 6.07) is 3.85. The highest BCUT2D eigenvalue weighted by Crippen LogP contribution is 2.25. The lowest BCUT2D eigenvalue weighted by Gasteiger charge is -2.06. The molecule has 1 heterocycles. The van der Waals surface area contributed by atoms with Gasteiger partial charge in [0.15, 0.2) is 0 Å². The maximum Gasteiger partial charge on any atom is 0.232 e. The number of anilines is 2. The lowest BCUT2D eigenvalue weighted by atomic mass is 10.3. The van der Waals surface area contributed by atoms with Crippen molar-refractivity contribution in [2.45, 2.75) is 0 Å². The van der Waals surface area contributed by atoms with Crippen LogP contribution < -0.4 is 5.32 Å². The van der Waals surface area contributed by atoms with Gasteiger partial charge in [-0.15, -0.1) is 0 Å². The van der Waals surface area contributed by atoms with Crippen molar-refractivity contribution < 1.29 is 4.39 Å². The summed E-state index contributed by atoms with van der Waals surface area (Å²) in [4.78, 5) is 11.1. The van der Waals surface area contributed by atoms with Gasteiger partial charge in [-0.1, -0.05) is 11.6 Å². The minimum atomic E-state index is -0.442. The van der Waals surface area contributed by atoms with Crippen molar-refractivity contribution in [3.05, 3.63) is 39.6 Å². The van der Waals surface area contributed by atoms with Crippen LogP contribution in [-0.2, 0) is 0 Å². The van der Waals surface area contributed by atoms with Gasteiger partial charge in [0.1, 0.15) is 5.82 Å². The van der Waals surface area contributed by atoms with Crippen LogP contribution in [0.5, 0.6) is 0 Å². The number of halogens is 4. The molecule has 0 saturated heterocycles. The topological polar surface area (TPSA) is 50.7 Å². The molecule has 0 aliphatic heterocycles. The van der Waals surface area contributed by atoms with E-state index in [9.17, 15) is 4.39 Å². The summed E-state index contributed by atoms with van der Waals surface area (Å²) in [5, 5.41) is 2.87. The summed E-state index contributed by atoms with van der Waals surface area (Å²) in [6.07, 6.45) is 0. The summed E-state index contributed by atoms with van der Waals surface area (Å²) >= 11 is 17.0. The minimum absolute atomic E-state index is 0.0694. The highest BCUT2D eigenvalue weighted by Gasteiger charge is 2.07. The van der Waals surface area contributed by atoms with Crippen molar-refractivity contribution in [1.82, 2.24) is 15.0 Å². The molecule has 0 bridgehead atoms. The molecule has 2 aromatic rings. The summed E-state index contributed by atoms with van der Waals surface area (Å²) in [5.74, 6) is -0.356. The molecule has 0 saturated carbocycles. The van der Waals surface area contributed by atoms with E-state index in [1.165, 1.54) is 18.2 Å². The molecular formula is C9H4Cl3FN4. The predicted octanol–water partition coefficient (Wildman–Crippen LogP) is 3.71. The molecule has 0 spiro atoms. The zero-order chi connectivity index (χ0) is 12.4. The average Bonchev–Trinajstić information content (AvgIpc) is 2.22. The van der Waals surface area contributed by atoms with Gasteiger partial charge in [-0.05, 0) is 41.4 Å². The van der Waals surface area contributed by atoms with E-state index in [4.69, 9.17) is 34.8 Å². The summed E-state index contributed by atoms with van der Waals surface area (Å²) in [5.41, 5.74) is 0.310. The Labute approximate surface area is 111 Å². The number of hydrogen-bond donors (Lipinski definition) is 1. The van der Waals surface area contributed by atoms with E-state index < -0.39 is 5.82 Å². The van der Waals surface area contributed by atoms with E-state index in [0.29, 0.717) is 10.7 Å². The second kappa shape index (κ2) is 5.00. The predicted molar refractivity (Wildman–Crippen MR) is 64.5 cm³/mol. The Morgan fingerprint density at radius 3 is 2.29 bits per heavy atom. The third-order valence-electron chi connectivity index (χ3n) is 1.76.